The van der Waals surface area contributed by atoms with Crippen LogP contribution in [0.3, 0.4) is 0 Å². The number of hydrogen-bond acceptors (Lipinski definition) is 3. The molecule has 0 spiro atoms. The molecule has 1 aromatic heterocycles. The van der Waals surface area contributed by atoms with Gasteiger partial charge >= 0.3 is 0 Å². The Morgan fingerprint density at radius 3 is 2.59 bits per heavy atom. The van der Waals surface area contributed by atoms with E-state index in [4.69, 9.17) is 0 Å². The molecule has 1 aliphatic rings. The molecule has 148 valence electrons. The van der Waals surface area contributed by atoms with E-state index in [0.29, 0.717) is 19.6 Å². The Balaban J connectivity index is 1.32. The fourth-order valence-corrected chi connectivity index (χ4v) is 3.96. The zero-order chi connectivity index (χ0) is 20.2. The lowest BCUT2D eigenvalue weighted by molar-refractivity contribution is -0.126. The third-order valence-electron chi connectivity index (χ3n) is 5.03. The van der Waals surface area contributed by atoms with E-state index in [1.54, 1.807) is 11.1 Å². The van der Waals surface area contributed by atoms with Crippen LogP contribution in [0.1, 0.15) is 17.5 Å². The summed E-state index contributed by atoms with van der Waals surface area (Å²) in [6.45, 7) is 1.56. The van der Waals surface area contributed by atoms with Gasteiger partial charge in [0, 0.05) is 36.4 Å². The summed E-state index contributed by atoms with van der Waals surface area (Å²) in [5.74, 6) is -0.456. The molecule has 1 unspecified atom stereocenters. The largest absolute Gasteiger partial charge is 0.352 e. The predicted octanol–water partition coefficient (Wildman–Crippen LogP) is 3.36. The van der Waals surface area contributed by atoms with E-state index < -0.39 is 0 Å². The molecule has 1 saturated heterocycles. The summed E-state index contributed by atoms with van der Waals surface area (Å²) >= 11 is 3.48. The van der Waals surface area contributed by atoms with Crippen molar-refractivity contribution >= 4 is 33.4 Å². The molecule has 2 heterocycles. The van der Waals surface area contributed by atoms with E-state index in [-0.39, 0.29) is 24.2 Å². The molecular weight excluding hydrogens is 432 g/mol. The van der Waals surface area contributed by atoms with Gasteiger partial charge in [0.1, 0.15) is 0 Å². The monoisotopic (exact) mass is 452 g/mol. The number of carbonyl (C=O) groups excluding carboxylic acids is 2. The summed E-state index contributed by atoms with van der Waals surface area (Å²) in [7, 11) is 0. The SMILES string of the molecule is O=C(NCc1ccc(Cn2cccn2)cc1)C1CC(=O)N(c2ccccc2Br)C1. The van der Waals surface area contributed by atoms with Crippen LogP contribution in [0.4, 0.5) is 5.69 Å². The fourth-order valence-electron chi connectivity index (χ4n) is 3.46. The lowest BCUT2D eigenvalue weighted by Crippen LogP contribution is -2.32. The standard InChI is InChI=1S/C22H21BrN4O2/c23-19-4-1-2-5-20(19)27-15-18(12-21(27)28)22(29)24-13-16-6-8-17(9-7-16)14-26-11-3-10-25-26/h1-11,18H,12-15H2,(H,24,29). The van der Waals surface area contributed by atoms with Crippen molar-refractivity contribution in [3.63, 3.8) is 0 Å². The number of rotatable bonds is 6. The molecule has 6 nitrogen and oxygen atoms in total. The minimum Gasteiger partial charge on any atom is -0.352 e. The Bertz CT molecular complexity index is 1000. The number of halogens is 1. The van der Waals surface area contributed by atoms with Crippen LogP contribution < -0.4 is 10.2 Å². The van der Waals surface area contributed by atoms with Crippen LogP contribution in [-0.2, 0) is 22.7 Å². The molecule has 2 aromatic carbocycles. The molecule has 1 N–H and O–H groups in total. The highest BCUT2D eigenvalue weighted by molar-refractivity contribution is 9.10. The molecule has 29 heavy (non-hydrogen) atoms. The van der Waals surface area contributed by atoms with E-state index in [2.05, 4.69) is 26.3 Å². The molecule has 2 amide bonds. The Kier molecular flexibility index (Phi) is 5.76. The number of amides is 2. The maximum atomic E-state index is 12.6. The highest BCUT2D eigenvalue weighted by Gasteiger charge is 2.35. The van der Waals surface area contributed by atoms with Gasteiger partial charge in [-0.25, -0.2) is 0 Å². The molecule has 7 heteroatoms. The van der Waals surface area contributed by atoms with Crippen LogP contribution in [0.25, 0.3) is 0 Å². The molecule has 4 rings (SSSR count). The molecule has 0 saturated carbocycles. The second-order valence-electron chi connectivity index (χ2n) is 7.09. The summed E-state index contributed by atoms with van der Waals surface area (Å²) < 4.78 is 2.72. The number of aromatic nitrogens is 2. The lowest BCUT2D eigenvalue weighted by atomic mass is 10.1. The van der Waals surface area contributed by atoms with Gasteiger partial charge in [-0.15, -0.1) is 0 Å². The average Bonchev–Trinajstić information content (AvgIpc) is 3.37. The van der Waals surface area contributed by atoms with Crippen LogP contribution in [-0.4, -0.2) is 28.1 Å². The van der Waals surface area contributed by atoms with E-state index in [1.807, 2.05) is 65.5 Å². The van der Waals surface area contributed by atoms with Gasteiger partial charge in [0.15, 0.2) is 0 Å². The third-order valence-corrected chi connectivity index (χ3v) is 5.70. The maximum absolute atomic E-state index is 12.6. The number of carbonyl (C=O) groups is 2. The van der Waals surface area contributed by atoms with Crippen molar-refractivity contribution in [1.29, 1.82) is 0 Å². The first kappa shape index (κ1) is 19.4. The van der Waals surface area contributed by atoms with Gasteiger partial charge in [-0.1, -0.05) is 36.4 Å². The predicted molar refractivity (Wildman–Crippen MR) is 114 cm³/mol. The van der Waals surface area contributed by atoms with Crippen LogP contribution in [0, 0.1) is 5.92 Å². The summed E-state index contributed by atoms with van der Waals surface area (Å²) in [4.78, 5) is 26.7. The first-order valence-corrected chi connectivity index (χ1v) is 10.3. The molecule has 3 aromatic rings. The molecular formula is C22H21BrN4O2. The number of nitrogens with one attached hydrogen (secondary N) is 1. The van der Waals surface area contributed by atoms with Crippen molar-refractivity contribution in [3.8, 4) is 0 Å². The van der Waals surface area contributed by atoms with Crippen molar-refractivity contribution in [2.75, 3.05) is 11.4 Å². The van der Waals surface area contributed by atoms with Crippen molar-refractivity contribution in [1.82, 2.24) is 15.1 Å². The quantitative estimate of drug-likeness (QED) is 0.623. The summed E-state index contributed by atoms with van der Waals surface area (Å²) in [6, 6.07) is 17.6. The van der Waals surface area contributed by atoms with Crippen molar-refractivity contribution in [2.24, 2.45) is 5.92 Å². The first-order valence-electron chi connectivity index (χ1n) is 9.48. The number of para-hydroxylation sites is 1. The third kappa shape index (κ3) is 4.56. The van der Waals surface area contributed by atoms with Gasteiger partial charge in [0.2, 0.25) is 11.8 Å². The molecule has 0 radical (unpaired) electrons. The van der Waals surface area contributed by atoms with Gasteiger partial charge in [0.25, 0.3) is 0 Å². The van der Waals surface area contributed by atoms with Crippen molar-refractivity contribution in [3.05, 3.63) is 82.6 Å². The Labute approximate surface area is 177 Å². The number of hydrogen-bond donors (Lipinski definition) is 1. The summed E-state index contributed by atoms with van der Waals surface area (Å²) in [5, 5.41) is 7.17. The number of nitrogens with zero attached hydrogens (tertiary/aromatic N) is 3. The Hall–Kier alpha value is -2.93. The van der Waals surface area contributed by atoms with Gasteiger partial charge in [-0.2, -0.15) is 5.10 Å². The Morgan fingerprint density at radius 1 is 1.10 bits per heavy atom. The second kappa shape index (κ2) is 8.61. The zero-order valence-electron chi connectivity index (χ0n) is 15.8. The smallest absolute Gasteiger partial charge is 0.227 e. The van der Waals surface area contributed by atoms with Crippen LogP contribution >= 0.6 is 15.9 Å². The summed E-state index contributed by atoms with van der Waals surface area (Å²) in [6.07, 6.45) is 3.92. The second-order valence-corrected chi connectivity index (χ2v) is 7.95. The topological polar surface area (TPSA) is 67.2 Å². The number of anilines is 1. The van der Waals surface area contributed by atoms with Crippen LogP contribution in [0.15, 0.2) is 71.5 Å². The van der Waals surface area contributed by atoms with Gasteiger partial charge in [0.05, 0.1) is 18.2 Å². The van der Waals surface area contributed by atoms with Gasteiger partial charge in [-0.05, 0) is 45.3 Å². The van der Waals surface area contributed by atoms with E-state index in [1.165, 1.54) is 0 Å². The minimum absolute atomic E-state index is 0.0278. The molecule has 1 fully saturated rings. The highest BCUT2D eigenvalue weighted by Crippen LogP contribution is 2.31. The lowest BCUT2D eigenvalue weighted by Gasteiger charge is -2.18. The van der Waals surface area contributed by atoms with Gasteiger partial charge in [-0.3, -0.25) is 14.3 Å². The minimum atomic E-state index is -0.339. The van der Waals surface area contributed by atoms with E-state index >= 15 is 0 Å². The fraction of sp³-hybridized carbons (Fsp3) is 0.227. The zero-order valence-corrected chi connectivity index (χ0v) is 17.4. The molecule has 0 aliphatic carbocycles. The maximum Gasteiger partial charge on any atom is 0.227 e. The number of benzene rings is 2. The van der Waals surface area contributed by atoms with Crippen molar-refractivity contribution in [2.45, 2.75) is 19.5 Å². The van der Waals surface area contributed by atoms with E-state index in [9.17, 15) is 9.59 Å². The van der Waals surface area contributed by atoms with Crippen LogP contribution in [0.2, 0.25) is 0 Å². The molecule has 0 bridgehead atoms. The average molecular weight is 453 g/mol. The highest BCUT2D eigenvalue weighted by atomic mass is 79.9. The normalized spacial score (nSPS) is 16.2. The Morgan fingerprint density at radius 2 is 1.86 bits per heavy atom. The molecule has 1 aliphatic heterocycles. The summed E-state index contributed by atoms with van der Waals surface area (Å²) in [5.41, 5.74) is 2.98. The van der Waals surface area contributed by atoms with E-state index in [0.717, 1.165) is 21.3 Å². The van der Waals surface area contributed by atoms with Gasteiger partial charge < -0.3 is 10.2 Å². The molecule has 1 atom stereocenters. The van der Waals surface area contributed by atoms with Crippen LogP contribution in [0.5, 0.6) is 0 Å². The van der Waals surface area contributed by atoms with Crippen molar-refractivity contribution < 1.29 is 9.59 Å². The first-order chi connectivity index (χ1) is 14.1.